The standard InChI is InChI=1S/C22H26N2O2/c1-3-9-17(10-4-1)21-22(18-11-5-2-6-12-18)24-20(23-21)16-25-15-19-13-7-8-14-26-19/h1-6,9-12,19,21-22H,7-8,13-16H2,(H,23,24)/t19?,21-,22+. The molecule has 4 heteroatoms. The molecule has 1 fully saturated rings. The second kappa shape index (κ2) is 8.47. The van der Waals surface area contributed by atoms with Crippen molar-refractivity contribution >= 4 is 5.84 Å². The van der Waals surface area contributed by atoms with Crippen LogP contribution in [0.5, 0.6) is 0 Å². The molecule has 0 bridgehead atoms. The molecule has 0 saturated carbocycles. The third-order valence-electron chi connectivity index (χ3n) is 5.05. The van der Waals surface area contributed by atoms with Gasteiger partial charge in [0.1, 0.15) is 18.5 Å². The van der Waals surface area contributed by atoms with Crippen LogP contribution in [0.25, 0.3) is 0 Å². The molecule has 1 unspecified atom stereocenters. The van der Waals surface area contributed by atoms with E-state index in [4.69, 9.17) is 14.5 Å². The molecule has 0 radical (unpaired) electrons. The summed E-state index contributed by atoms with van der Waals surface area (Å²) >= 11 is 0. The van der Waals surface area contributed by atoms with Crippen molar-refractivity contribution in [3.05, 3.63) is 71.8 Å². The van der Waals surface area contributed by atoms with Gasteiger partial charge < -0.3 is 14.8 Å². The van der Waals surface area contributed by atoms with E-state index in [-0.39, 0.29) is 18.2 Å². The Bertz CT molecular complexity index is 711. The van der Waals surface area contributed by atoms with Crippen molar-refractivity contribution in [2.75, 3.05) is 19.8 Å². The Morgan fingerprint density at radius 3 is 2.38 bits per heavy atom. The normalized spacial score (nSPS) is 25.5. The molecule has 4 nitrogen and oxygen atoms in total. The predicted octanol–water partition coefficient (Wildman–Crippen LogP) is 4.06. The lowest BCUT2D eigenvalue weighted by atomic mass is 9.95. The fourth-order valence-corrected chi connectivity index (χ4v) is 3.69. The smallest absolute Gasteiger partial charge is 0.124 e. The maximum atomic E-state index is 5.91. The Balaban J connectivity index is 1.43. The molecule has 0 amide bonds. The number of nitrogens with one attached hydrogen (secondary N) is 1. The molecular formula is C22H26N2O2. The van der Waals surface area contributed by atoms with Crippen LogP contribution in [0.3, 0.4) is 0 Å². The summed E-state index contributed by atoms with van der Waals surface area (Å²) in [5.41, 5.74) is 2.47. The fraction of sp³-hybridized carbons (Fsp3) is 0.409. The van der Waals surface area contributed by atoms with Crippen molar-refractivity contribution in [3.63, 3.8) is 0 Å². The Kier molecular flexibility index (Phi) is 5.62. The summed E-state index contributed by atoms with van der Waals surface area (Å²) in [6, 6.07) is 21.2. The van der Waals surface area contributed by atoms with Gasteiger partial charge in [-0.2, -0.15) is 0 Å². The minimum Gasteiger partial charge on any atom is -0.376 e. The van der Waals surface area contributed by atoms with Crippen LogP contribution in [0.2, 0.25) is 0 Å². The lowest BCUT2D eigenvalue weighted by Crippen LogP contribution is -2.30. The van der Waals surface area contributed by atoms with E-state index in [9.17, 15) is 0 Å². The van der Waals surface area contributed by atoms with Crippen molar-refractivity contribution in [3.8, 4) is 0 Å². The number of rotatable bonds is 6. The lowest BCUT2D eigenvalue weighted by Gasteiger charge is -2.22. The third-order valence-corrected chi connectivity index (χ3v) is 5.05. The topological polar surface area (TPSA) is 42.9 Å². The Morgan fingerprint density at radius 2 is 1.69 bits per heavy atom. The van der Waals surface area contributed by atoms with Crippen LogP contribution < -0.4 is 5.32 Å². The first-order chi connectivity index (χ1) is 12.9. The monoisotopic (exact) mass is 350 g/mol. The van der Waals surface area contributed by atoms with Crippen molar-refractivity contribution in [2.45, 2.75) is 37.5 Å². The van der Waals surface area contributed by atoms with E-state index in [0.717, 1.165) is 18.9 Å². The highest BCUT2D eigenvalue weighted by Gasteiger charge is 2.31. The predicted molar refractivity (Wildman–Crippen MR) is 103 cm³/mol. The quantitative estimate of drug-likeness (QED) is 0.854. The molecule has 4 rings (SSSR count). The number of hydrogen-bond acceptors (Lipinski definition) is 4. The van der Waals surface area contributed by atoms with Gasteiger partial charge in [-0.3, -0.25) is 4.99 Å². The molecule has 0 aliphatic carbocycles. The van der Waals surface area contributed by atoms with Gasteiger partial charge in [0, 0.05) is 6.61 Å². The summed E-state index contributed by atoms with van der Waals surface area (Å²) in [5, 5.41) is 3.58. The van der Waals surface area contributed by atoms with Crippen molar-refractivity contribution < 1.29 is 9.47 Å². The molecule has 2 aliphatic rings. The van der Waals surface area contributed by atoms with Crippen LogP contribution in [0.1, 0.15) is 42.5 Å². The van der Waals surface area contributed by atoms with Gasteiger partial charge in [0.25, 0.3) is 0 Å². The Hall–Kier alpha value is -2.17. The fourth-order valence-electron chi connectivity index (χ4n) is 3.69. The number of amidine groups is 1. The van der Waals surface area contributed by atoms with Gasteiger partial charge in [-0.25, -0.2) is 0 Å². The summed E-state index contributed by atoms with van der Waals surface area (Å²) in [7, 11) is 0. The first-order valence-electron chi connectivity index (χ1n) is 9.52. The van der Waals surface area contributed by atoms with E-state index in [0.29, 0.717) is 13.2 Å². The summed E-state index contributed by atoms with van der Waals surface area (Å²) < 4.78 is 11.6. The molecule has 1 N–H and O–H groups in total. The number of ether oxygens (including phenoxy) is 2. The summed E-state index contributed by atoms with van der Waals surface area (Å²) in [4.78, 5) is 4.94. The molecule has 1 saturated heterocycles. The van der Waals surface area contributed by atoms with Crippen molar-refractivity contribution in [1.29, 1.82) is 0 Å². The van der Waals surface area contributed by atoms with E-state index in [2.05, 4.69) is 53.8 Å². The number of benzene rings is 2. The van der Waals surface area contributed by atoms with Gasteiger partial charge >= 0.3 is 0 Å². The molecule has 2 aromatic rings. The lowest BCUT2D eigenvalue weighted by molar-refractivity contribution is -0.0338. The molecular weight excluding hydrogens is 324 g/mol. The molecule has 2 aromatic carbocycles. The van der Waals surface area contributed by atoms with E-state index in [1.165, 1.54) is 24.0 Å². The third kappa shape index (κ3) is 4.14. The van der Waals surface area contributed by atoms with E-state index >= 15 is 0 Å². The van der Waals surface area contributed by atoms with Crippen LogP contribution in [0.4, 0.5) is 0 Å². The second-order valence-corrected chi connectivity index (χ2v) is 6.97. The van der Waals surface area contributed by atoms with Gasteiger partial charge in [-0.05, 0) is 30.4 Å². The van der Waals surface area contributed by atoms with Crippen LogP contribution in [-0.2, 0) is 9.47 Å². The molecule has 26 heavy (non-hydrogen) atoms. The van der Waals surface area contributed by atoms with Gasteiger partial charge in [0.05, 0.1) is 18.8 Å². The first-order valence-corrected chi connectivity index (χ1v) is 9.52. The Morgan fingerprint density at radius 1 is 0.962 bits per heavy atom. The van der Waals surface area contributed by atoms with Crippen LogP contribution in [0, 0.1) is 0 Å². The molecule has 0 spiro atoms. The molecule has 2 aliphatic heterocycles. The van der Waals surface area contributed by atoms with Gasteiger partial charge in [0.2, 0.25) is 0 Å². The first kappa shape index (κ1) is 17.3. The minimum absolute atomic E-state index is 0.0723. The average Bonchev–Trinajstić information content (AvgIpc) is 3.14. The molecule has 0 aromatic heterocycles. The van der Waals surface area contributed by atoms with E-state index in [1.807, 2.05) is 12.1 Å². The maximum absolute atomic E-state index is 5.91. The average molecular weight is 350 g/mol. The van der Waals surface area contributed by atoms with Gasteiger partial charge in [-0.1, -0.05) is 60.7 Å². The van der Waals surface area contributed by atoms with Gasteiger partial charge in [-0.15, -0.1) is 0 Å². The van der Waals surface area contributed by atoms with Crippen LogP contribution in [-0.4, -0.2) is 31.8 Å². The second-order valence-electron chi connectivity index (χ2n) is 6.97. The SMILES string of the molecule is c1ccc([C@H]2N=C(COCC3CCCCO3)N[C@H]2c2ccccc2)cc1. The van der Waals surface area contributed by atoms with E-state index in [1.54, 1.807) is 0 Å². The highest BCUT2D eigenvalue weighted by molar-refractivity contribution is 5.86. The summed E-state index contributed by atoms with van der Waals surface area (Å²) in [6.07, 6.45) is 3.74. The van der Waals surface area contributed by atoms with E-state index < -0.39 is 0 Å². The molecule has 136 valence electrons. The molecule has 2 heterocycles. The van der Waals surface area contributed by atoms with Crippen LogP contribution in [0.15, 0.2) is 65.7 Å². The summed E-state index contributed by atoms with van der Waals surface area (Å²) in [6.45, 7) is 2.01. The van der Waals surface area contributed by atoms with Crippen molar-refractivity contribution in [2.24, 2.45) is 4.99 Å². The zero-order chi connectivity index (χ0) is 17.6. The zero-order valence-corrected chi connectivity index (χ0v) is 15.0. The minimum atomic E-state index is 0.0723. The largest absolute Gasteiger partial charge is 0.376 e. The molecule has 3 atom stereocenters. The number of nitrogens with zero attached hydrogens (tertiary/aromatic N) is 1. The number of hydrogen-bond donors (Lipinski definition) is 1. The Labute approximate surface area is 155 Å². The highest BCUT2D eigenvalue weighted by atomic mass is 16.5. The van der Waals surface area contributed by atoms with Gasteiger partial charge in [0.15, 0.2) is 0 Å². The summed E-state index contributed by atoms with van der Waals surface area (Å²) in [5.74, 6) is 0.920. The number of aliphatic imine (C=N–C) groups is 1. The maximum Gasteiger partial charge on any atom is 0.124 e. The zero-order valence-electron chi connectivity index (χ0n) is 15.0. The highest BCUT2D eigenvalue weighted by Crippen LogP contribution is 2.35. The van der Waals surface area contributed by atoms with Crippen LogP contribution >= 0.6 is 0 Å². The van der Waals surface area contributed by atoms with Crippen molar-refractivity contribution in [1.82, 2.24) is 5.32 Å².